The van der Waals surface area contributed by atoms with E-state index in [0.29, 0.717) is 5.69 Å². The van der Waals surface area contributed by atoms with Gasteiger partial charge in [0, 0.05) is 24.6 Å². The van der Waals surface area contributed by atoms with Crippen molar-refractivity contribution in [2.75, 3.05) is 18.4 Å². The highest BCUT2D eigenvalue weighted by atomic mass is 19.1. The van der Waals surface area contributed by atoms with Gasteiger partial charge in [0.05, 0.1) is 6.54 Å². The lowest BCUT2D eigenvalue weighted by atomic mass is 10.1. The summed E-state index contributed by atoms with van der Waals surface area (Å²) < 4.78 is 19.5. The molecule has 1 saturated heterocycles. The second-order valence-corrected chi connectivity index (χ2v) is 5.13. The van der Waals surface area contributed by atoms with Crippen molar-refractivity contribution in [1.82, 2.24) is 10.1 Å². The first kappa shape index (κ1) is 14.1. The van der Waals surface area contributed by atoms with Gasteiger partial charge in [0.2, 0.25) is 11.6 Å². The van der Waals surface area contributed by atoms with Crippen molar-refractivity contribution in [3.05, 3.63) is 36.4 Å². The predicted octanol–water partition coefficient (Wildman–Crippen LogP) is 2.18. The van der Waals surface area contributed by atoms with Crippen LogP contribution in [-0.2, 0) is 4.79 Å². The summed E-state index contributed by atoms with van der Waals surface area (Å²) in [5.74, 6) is -0.739. The summed E-state index contributed by atoms with van der Waals surface area (Å²) in [6.45, 7) is -0.0128. The fourth-order valence-corrected chi connectivity index (χ4v) is 2.35. The Morgan fingerprint density at radius 2 is 2.23 bits per heavy atom. The average Bonchev–Trinajstić information content (AvgIpc) is 3.16. The van der Waals surface area contributed by atoms with Crippen molar-refractivity contribution in [2.45, 2.75) is 12.1 Å². The van der Waals surface area contributed by atoms with Gasteiger partial charge in [-0.05, 0) is 0 Å². The molecule has 1 aromatic carbocycles. The van der Waals surface area contributed by atoms with Crippen molar-refractivity contribution in [2.24, 2.45) is 0 Å². The van der Waals surface area contributed by atoms with E-state index in [1.807, 2.05) is 36.5 Å². The van der Waals surface area contributed by atoms with Gasteiger partial charge in [-0.3, -0.25) is 10.1 Å². The highest BCUT2D eigenvalue weighted by Gasteiger charge is 2.45. The van der Waals surface area contributed by atoms with Gasteiger partial charge in [-0.2, -0.15) is 5.26 Å². The lowest BCUT2D eigenvalue weighted by Gasteiger charge is -2.16. The molecule has 0 saturated carbocycles. The highest BCUT2D eigenvalue weighted by molar-refractivity contribution is 5.97. The fraction of sp³-hybridized carbons (Fsp3) is 0.267. The summed E-state index contributed by atoms with van der Waals surface area (Å²) >= 11 is 0. The van der Waals surface area contributed by atoms with Gasteiger partial charge in [0.25, 0.3) is 5.91 Å². The first-order valence-electron chi connectivity index (χ1n) is 6.78. The van der Waals surface area contributed by atoms with Crippen molar-refractivity contribution in [3.8, 4) is 17.5 Å². The molecule has 22 heavy (non-hydrogen) atoms. The monoisotopic (exact) mass is 300 g/mol. The van der Waals surface area contributed by atoms with Gasteiger partial charge in [0.1, 0.15) is 5.69 Å². The van der Waals surface area contributed by atoms with E-state index in [9.17, 15) is 9.18 Å². The molecule has 0 radical (unpaired) electrons. The van der Waals surface area contributed by atoms with Gasteiger partial charge in [0.15, 0.2) is 6.19 Å². The second kappa shape index (κ2) is 5.48. The maximum absolute atomic E-state index is 14.5. The van der Waals surface area contributed by atoms with Crippen LogP contribution in [0.1, 0.15) is 6.42 Å². The summed E-state index contributed by atoms with van der Waals surface area (Å²) in [4.78, 5) is 13.3. The van der Waals surface area contributed by atoms with E-state index in [0.717, 1.165) is 5.56 Å². The molecule has 0 bridgehead atoms. The van der Waals surface area contributed by atoms with Crippen molar-refractivity contribution < 1.29 is 13.7 Å². The molecule has 2 aromatic rings. The van der Waals surface area contributed by atoms with Crippen LogP contribution in [0.5, 0.6) is 0 Å². The van der Waals surface area contributed by atoms with E-state index in [4.69, 9.17) is 9.78 Å². The second-order valence-electron chi connectivity index (χ2n) is 5.13. The molecule has 0 unspecified atom stereocenters. The van der Waals surface area contributed by atoms with Gasteiger partial charge in [-0.15, -0.1) is 0 Å². The molecule has 0 aliphatic carbocycles. The molecule has 0 spiro atoms. The quantitative estimate of drug-likeness (QED) is 0.878. The van der Waals surface area contributed by atoms with Crippen molar-refractivity contribution in [3.63, 3.8) is 0 Å². The minimum atomic E-state index is -2.09. The number of rotatable bonds is 3. The molecule has 7 heteroatoms. The Hall–Kier alpha value is -2.88. The number of hydrogen-bond donors (Lipinski definition) is 1. The van der Waals surface area contributed by atoms with Gasteiger partial charge < -0.3 is 9.42 Å². The predicted molar refractivity (Wildman–Crippen MR) is 76.2 cm³/mol. The van der Waals surface area contributed by atoms with Crippen molar-refractivity contribution >= 4 is 11.8 Å². The molecule has 1 aliphatic rings. The Balaban J connectivity index is 1.71. The van der Waals surface area contributed by atoms with Crippen LogP contribution >= 0.6 is 0 Å². The number of benzene rings is 1. The minimum Gasteiger partial charge on any atom is -0.338 e. The van der Waals surface area contributed by atoms with Crippen LogP contribution in [0.4, 0.5) is 10.3 Å². The van der Waals surface area contributed by atoms with Gasteiger partial charge in [-0.25, -0.2) is 4.39 Å². The number of halogens is 1. The lowest BCUT2D eigenvalue weighted by Crippen LogP contribution is -2.40. The number of nitrogens with zero attached hydrogens (tertiary/aromatic N) is 3. The van der Waals surface area contributed by atoms with Crippen molar-refractivity contribution in [1.29, 1.82) is 5.26 Å². The third kappa shape index (κ3) is 2.63. The molecule has 1 fully saturated rings. The largest absolute Gasteiger partial charge is 0.338 e. The smallest absolute Gasteiger partial charge is 0.266 e. The molecule has 112 valence electrons. The molecule has 1 aliphatic heterocycles. The number of hydrogen-bond acceptors (Lipinski definition) is 5. The van der Waals surface area contributed by atoms with E-state index >= 15 is 0 Å². The number of amides is 1. The molecular formula is C15H13FN4O2. The molecule has 1 atom stereocenters. The topological polar surface area (TPSA) is 82.2 Å². The molecular weight excluding hydrogens is 287 g/mol. The molecule has 1 N–H and O–H groups in total. The molecule has 1 aromatic heterocycles. The van der Waals surface area contributed by atoms with E-state index in [-0.39, 0.29) is 25.4 Å². The maximum atomic E-state index is 14.5. The zero-order valence-corrected chi connectivity index (χ0v) is 11.6. The fourth-order valence-electron chi connectivity index (χ4n) is 2.35. The Labute approximate surface area is 126 Å². The molecule has 2 heterocycles. The number of carbonyl (C=O) groups excluding carboxylic acids is 1. The average molecular weight is 300 g/mol. The van der Waals surface area contributed by atoms with E-state index < -0.39 is 11.6 Å². The first-order valence-corrected chi connectivity index (χ1v) is 6.78. The number of aromatic nitrogens is 1. The SMILES string of the molecule is N#CN1CC[C@](F)(C(=O)Nc2cc(-c3ccccc3)no2)C1. The summed E-state index contributed by atoms with van der Waals surface area (Å²) in [5.41, 5.74) is -0.706. The summed E-state index contributed by atoms with van der Waals surface area (Å²) in [6, 6.07) is 10.8. The Morgan fingerprint density at radius 3 is 2.91 bits per heavy atom. The van der Waals surface area contributed by atoms with E-state index in [2.05, 4.69) is 10.5 Å². The summed E-state index contributed by atoms with van der Waals surface area (Å²) in [6.07, 6.45) is 1.82. The summed E-state index contributed by atoms with van der Waals surface area (Å²) in [5, 5.41) is 15.0. The van der Waals surface area contributed by atoms with Crippen LogP contribution in [0.3, 0.4) is 0 Å². The van der Waals surface area contributed by atoms with E-state index in [1.165, 1.54) is 11.0 Å². The van der Waals surface area contributed by atoms with Crippen LogP contribution in [0.2, 0.25) is 0 Å². The lowest BCUT2D eigenvalue weighted by molar-refractivity contribution is -0.126. The van der Waals surface area contributed by atoms with Crippen LogP contribution in [0.15, 0.2) is 40.9 Å². The molecule has 1 amide bonds. The standard InChI is InChI=1S/C15H13FN4O2/c16-15(6-7-20(9-15)10-17)14(21)18-13-8-12(19-22-13)11-4-2-1-3-5-11/h1-5,8H,6-7,9H2,(H,18,21)/t15-/m1/s1. The summed E-state index contributed by atoms with van der Waals surface area (Å²) in [7, 11) is 0. The van der Waals surface area contributed by atoms with Gasteiger partial charge in [-0.1, -0.05) is 35.5 Å². The number of carbonyl (C=O) groups is 1. The van der Waals surface area contributed by atoms with Crippen LogP contribution in [0, 0.1) is 11.5 Å². The number of nitriles is 1. The first-order chi connectivity index (χ1) is 10.6. The molecule has 6 nitrogen and oxygen atoms in total. The van der Waals surface area contributed by atoms with Crippen LogP contribution < -0.4 is 5.32 Å². The Kier molecular flexibility index (Phi) is 3.51. The third-order valence-corrected chi connectivity index (χ3v) is 3.58. The number of alkyl halides is 1. The van der Waals surface area contributed by atoms with Crippen LogP contribution in [0.25, 0.3) is 11.3 Å². The molecule has 3 rings (SSSR count). The zero-order chi connectivity index (χ0) is 15.6. The zero-order valence-electron chi connectivity index (χ0n) is 11.6. The number of anilines is 1. The van der Waals surface area contributed by atoms with Gasteiger partial charge >= 0.3 is 0 Å². The van der Waals surface area contributed by atoms with Crippen LogP contribution in [-0.4, -0.2) is 34.7 Å². The normalized spacial score (nSPS) is 20.6. The Morgan fingerprint density at radius 1 is 1.45 bits per heavy atom. The number of nitrogens with one attached hydrogen (secondary N) is 1. The maximum Gasteiger partial charge on any atom is 0.266 e. The number of likely N-dealkylation sites (tertiary alicyclic amines) is 1. The Bertz CT molecular complexity index is 725. The minimum absolute atomic E-state index is 0.0218. The highest BCUT2D eigenvalue weighted by Crippen LogP contribution is 2.28. The van der Waals surface area contributed by atoms with E-state index in [1.54, 1.807) is 0 Å². The third-order valence-electron chi connectivity index (χ3n) is 3.58.